The summed E-state index contributed by atoms with van der Waals surface area (Å²) >= 11 is 0. The quantitative estimate of drug-likeness (QED) is 0.800. The molecule has 2 N–H and O–H groups in total. The highest BCUT2D eigenvalue weighted by Gasteiger charge is 2.20. The Balaban J connectivity index is 2.31. The van der Waals surface area contributed by atoms with Gasteiger partial charge in [0.15, 0.2) is 0 Å². The number of ether oxygens (including phenoxy) is 1. The summed E-state index contributed by atoms with van der Waals surface area (Å²) in [5.74, 6) is -0.375. The van der Waals surface area contributed by atoms with Gasteiger partial charge in [0.05, 0.1) is 6.54 Å². The van der Waals surface area contributed by atoms with E-state index >= 15 is 0 Å². The van der Waals surface area contributed by atoms with Crippen molar-refractivity contribution in [2.24, 2.45) is 5.92 Å². The monoisotopic (exact) mass is 326 g/mol. The minimum absolute atomic E-state index is 0.0699. The Hall–Kier alpha value is -2.02. The first-order valence-corrected chi connectivity index (χ1v) is 7.55. The van der Waals surface area contributed by atoms with Gasteiger partial charge >= 0.3 is 12.1 Å². The number of nitrogens with zero attached hydrogens (tertiary/aromatic N) is 1. The number of carbonyl (C=O) groups excluding carboxylic acids is 1. The van der Waals surface area contributed by atoms with Crippen LogP contribution >= 0.6 is 0 Å². The van der Waals surface area contributed by atoms with Gasteiger partial charge < -0.3 is 24.5 Å². The highest BCUT2D eigenvalue weighted by Crippen LogP contribution is 2.10. The van der Waals surface area contributed by atoms with Crippen LogP contribution in [0.4, 0.5) is 4.79 Å². The second-order valence-corrected chi connectivity index (χ2v) is 6.67. The summed E-state index contributed by atoms with van der Waals surface area (Å²) in [6, 6.07) is 3.06. The minimum atomic E-state index is -1.08. The minimum Gasteiger partial charge on any atom is -0.475 e. The number of amides is 1. The molecular weight excluding hydrogens is 300 g/mol. The lowest BCUT2D eigenvalue weighted by Gasteiger charge is -2.26. The van der Waals surface area contributed by atoms with Crippen molar-refractivity contribution >= 4 is 12.1 Å². The molecule has 7 nitrogen and oxygen atoms in total. The van der Waals surface area contributed by atoms with Crippen molar-refractivity contribution in [3.05, 3.63) is 23.7 Å². The fourth-order valence-electron chi connectivity index (χ4n) is 1.98. The Morgan fingerprint density at radius 1 is 1.39 bits per heavy atom. The molecule has 0 bridgehead atoms. The standard InChI is InChI=1S/C16H26N2O5/c1-11(10-18(5)15(21)23-16(2,3)4)8-17-9-12-6-7-13(22-12)14(19)20/h6-7,11,17H,8-10H2,1-5H3,(H,19,20). The van der Waals surface area contributed by atoms with Crippen LogP contribution in [0.2, 0.25) is 0 Å². The lowest BCUT2D eigenvalue weighted by molar-refractivity contribution is 0.0276. The highest BCUT2D eigenvalue weighted by molar-refractivity contribution is 5.84. The number of carboxylic acids is 1. The number of aromatic carboxylic acids is 1. The third-order valence-electron chi connectivity index (χ3n) is 2.96. The topological polar surface area (TPSA) is 92.0 Å². The third kappa shape index (κ3) is 7.19. The van der Waals surface area contributed by atoms with Crippen LogP contribution in [-0.4, -0.2) is 47.8 Å². The zero-order chi connectivity index (χ0) is 17.6. The predicted octanol–water partition coefficient (Wildman–Crippen LogP) is 2.57. The summed E-state index contributed by atoms with van der Waals surface area (Å²) in [6.45, 7) is 9.17. The van der Waals surface area contributed by atoms with E-state index in [1.165, 1.54) is 6.07 Å². The Morgan fingerprint density at radius 3 is 2.57 bits per heavy atom. The lowest BCUT2D eigenvalue weighted by Crippen LogP contribution is -2.38. The summed E-state index contributed by atoms with van der Waals surface area (Å²) in [4.78, 5) is 24.1. The number of nitrogens with one attached hydrogen (secondary N) is 1. The van der Waals surface area contributed by atoms with E-state index in [0.717, 1.165) is 0 Å². The summed E-state index contributed by atoms with van der Waals surface area (Å²) in [7, 11) is 1.70. The van der Waals surface area contributed by atoms with E-state index in [4.69, 9.17) is 14.3 Å². The molecule has 23 heavy (non-hydrogen) atoms. The Kier molecular flexibility index (Phi) is 6.62. The molecule has 0 aliphatic rings. The number of furan rings is 1. The van der Waals surface area contributed by atoms with Crippen molar-refractivity contribution in [2.45, 2.75) is 39.8 Å². The summed E-state index contributed by atoms with van der Waals surface area (Å²) < 4.78 is 10.4. The van der Waals surface area contributed by atoms with Gasteiger partial charge in [0.25, 0.3) is 0 Å². The molecule has 0 saturated carbocycles. The molecule has 1 heterocycles. The molecule has 1 aromatic heterocycles. The molecule has 0 aliphatic carbocycles. The molecule has 0 spiro atoms. The number of hydrogen-bond donors (Lipinski definition) is 2. The van der Waals surface area contributed by atoms with Crippen LogP contribution in [0.3, 0.4) is 0 Å². The zero-order valence-electron chi connectivity index (χ0n) is 14.4. The van der Waals surface area contributed by atoms with Crippen LogP contribution in [0.5, 0.6) is 0 Å². The second-order valence-electron chi connectivity index (χ2n) is 6.67. The van der Waals surface area contributed by atoms with Gasteiger partial charge in [0.2, 0.25) is 5.76 Å². The molecule has 1 amide bonds. The van der Waals surface area contributed by atoms with E-state index in [-0.39, 0.29) is 17.8 Å². The van der Waals surface area contributed by atoms with Gasteiger partial charge in [-0.05, 0) is 45.4 Å². The molecule has 0 fully saturated rings. The largest absolute Gasteiger partial charge is 0.475 e. The first kappa shape index (κ1) is 19.0. The maximum Gasteiger partial charge on any atom is 0.410 e. The Morgan fingerprint density at radius 2 is 2.04 bits per heavy atom. The van der Waals surface area contributed by atoms with Gasteiger partial charge in [0.1, 0.15) is 11.4 Å². The van der Waals surface area contributed by atoms with Crippen molar-refractivity contribution in [1.82, 2.24) is 10.2 Å². The molecule has 7 heteroatoms. The lowest BCUT2D eigenvalue weighted by atomic mass is 10.1. The van der Waals surface area contributed by atoms with E-state index in [0.29, 0.717) is 25.4 Å². The maximum atomic E-state index is 11.9. The zero-order valence-corrected chi connectivity index (χ0v) is 14.4. The third-order valence-corrected chi connectivity index (χ3v) is 2.96. The normalized spacial score (nSPS) is 12.7. The van der Waals surface area contributed by atoms with E-state index in [1.807, 2.05) is 27.7 Å². The molecule has 0 saturated heterocycles. The summed E-state index contributed by atoms with van der Waals surface area (Å²) in [5.41, 5.74) is -0.506. The average molecular weight is 326 g/mol. The van der Waals surface area contributed by atoms with Crippen LogP contribution in [0.1, 0.15) is 44.0 Å². The Bertz CT molecular complexity index is 533. The molecule has 0 aliphatic heterocycles. The van der Waals surface area contributed by atoms with Crippen molar-refractivity contribution < 1.29 is 23.8 Å². The summed E-state index contributed by atoms with van der Waals surface area (Å²) in [5, 5.41) is 12.0. The van der Waals surface area contributed by atoms with Gasteiger partial charge in [-0.2, -0.15) is 0 Å². The Labute approximate surface area is 136 Å². The van der Waals surface area contributed by atoms with Gasteiger partial charge in [-0.15, -0.1) is 0 Å². The molecule has 1 aromatic rings. The van der Waals surface area contributed by atoms with Crippen LogP contribution in [0.15, 0.2) is 16.5 Å². The fraction of sp³-hybridized carbons (Fsp3) is 0.625. The first-order valence-electron chi connectivity index (χ1n) is 7.55. The molecule has 1 rings (SSSR count). The SMILES string of the molecule is CC(CNCc1ccc(C(=O)O)o1)CN(C)C(=O)OC(C)(C)C. The van der Waals surface area contributed by atoms with Crippen LogP contribution in [0, 0.1) is 5.92 Å². The highest BCUT2D eigenvalue weighted by atomic mass is 16.6. The molecule has 0 aromatic carbocycles. The van der Waals surface area contributed by atoms with Crippen LogP contribution in [-0.2, 0) is 11.3 Å². The number of carboxylic acid groups (broad SMARTS) is 1. The first-order chi connectivity index (χ1) is 10.6. The number of carbonyl (C=O) groups is 2. The van der Waals surface area contributed by atoms with Crippen molar-refractivity contribution in [3.63, 3.8) is 0 Å². The predicted molar refractivity (Wildman–Crippen MR) is 85.4 cm³/mol. The molecule has 0 radical (unpaired) electrons. The average Bonchev–Trinajstić information content (AvgIpc) is 2.85. The van der Waals surface area contributed by atoms with E-state index in [9.17, 15) is 9.59 Å². The smallest absolute Gasteiger partial charge is 0.410 e. The maximum absolute atomic E-state index is 11.9. The van der Waals surface area contributed by atoms with Gasteiger partial charge in [-0.3, -0.25) is 0 Å². The molecule has 1 unspecified atom stereocenters. The van der Waals surface area contributed by atoms with Gasteiger partial charge in [0, 0.05) is 13.6 Å². The molecular formula is C16H26N2O5. The second kappa shape index (κ2) is 8.01. The van der Waals surface area contributed by atoms with Crippen molar-refractivity contribution in [3.8, 4) is 0 Å². The van der Waals surface area contributed by atoms with Gasteiger partial charge in [-0.1, -0.05) is 6.92 Å². The van der Waals surface area contributed by atoms with E-state index < -0.39 is 11.6 Å². The fourth-order valence-corrected chi connectivity index (χ4v) is 1.98. The van der Waals surface area contributed by atoms with Crippen molar-refractivity contribution in [1.29, 1.82) is 0 Å². The van der Waals surface area contributed by atoms with E-state index in [2.05, 4.69) is 5.32 Å². The van der Waals surface area contributed by atoms with Gasteiger partial charge in [-0.25, -0.2) is 9.59 Å². The van der Waals surface area contributed by atoms with E-state index in [1.54, 1.807) is 18.0 Å². The van der Waals surface area contributed by atoms with Crippen LogP contribution in [0.25, 0.3) is 0 Å². The summed E-state index contributed by atoms with van der Waals surface area (Å²) in [6.07, 6.45) is -0.346. The molecule has 130 valence electrons. The van der Waals surface area contributed by atoms with Crippen LogP contribution < -0.4 is 5.32 Å². The van der Waals surface area contributed by atoms with Crippen molar-refractivity contribution in [2.75, 3.05) is 20.1 Å². The number of hydrogen-bond acceptors (Lipinski definition) is 5. The molecule has 1 atom stereocenters. The number of rotatable bonds is 7.